The van der Waals surface area contributed by atoms with E-state index in [0.29, 0.717) is 22.3 Å². The van der Waals surface area contributed by atoms with Gasteiger partial charge in [-0.3, -0.25) is 0 Å². The maximum atomic E-state index is 6.01. The van der Waals surface area contributed by atoms with Crippen LogP contribution in [0.1, 0.15) is 19.8 Å². The average molecular weight is 248 g/mol. The maximum absolute atomic E-state index is 6.01. The molecular formula is C11H15Cl2NO. The topological polar surface area (TPSA) is 35.2 Å². The SMILES string of the molecule is CCC(CCN)Oc1cccc(Cl)c1Cl. The second-order valence-electron chi connectivity index (χ2n) is 3.28. The summed E-state index contributed by atoms with van der Waals surface area (Å²) in [6.45, 7) is 2.66. The average Bonchev–Trinajstić information content (AvgIpc) is 2.24. The summed E-state index contributed by atoms with van der Waals surface area (Å²) in [5.74, 6) is 0.629. The zero-order valence-corrected chi connectivity index (χ0v) is 10.2. The van der Waals surface area contributed by atoms with Crippen molar-refractivity contribution in [3.63, 3.8) is 0 Å². The third-order valence-corrected chi connectivity index (χ3v) is 2.96. The number of rotatable bonds is 5. The minimum Gasteiger partial charge on any atom is -0.489 e. The van der Waals surface area contributed by atoms with Crippen molar-refractivity contribution >= 4 is 23.2 Å². The van der Waals surface area contributed by atoms with Gasteiger partial charge in [0.2, 0.25) is 0 Å². The Bertz CT molecular complexity index is 317. The number of hydrogen-bond acceptors (Lipinski definition) is 2. The lowest BCUT2D eigenvalue weighted by Gasteiger charge is -2.17. The molecule has 4 heteroatoms. The molecule has 0 saturated heterocycles. The van der Waals surface area contributed by atoms with Crippen LogP contribution in [0.15, 0.2) is 18.2 Å². The molecule has 2 nitrogen and oxygen atoms in total. The summed E-state index contributed by atoms with van der Waals surface area (Å²) in [6, 6.07) is 5.37. The Morgan fingerprint density at radius 1 is 1.40 bits per heavy atom. The van der Waals surface area contributed by atoms with E-state index in [9.17, 15) is 0 Å². The van der Waals surface area contributed by atoms with Crippen molar-refractivity contribution in [1.82, 2.24) is 0 Å². The van der Waals surface area contributed by atoms with Crippen LogP contribution < -0.4 is 10.5 Å². The van der Waals surface area contributed by atoms with E-state index in [1.807, 2.05) is 12.1 Å². The highest BCUT2D eigenvalue weighted by molar-refractivity contribution is 6.42. The van der Waals surface area contributed by atoms with E-state index in [-0.39, 0.29) is 6.10 Å². The van der Waals surface area contributed by atoms with Crippen LogP contribution in [-0.4, -0.2) is 12.6 Å². The van der Waals surface area contributed by atoms with Gasteiger partial charge in [0.05, 0.1) is 11.1 Å². The monoisotopic (exact) mass is 247 g/mol. The molecule has 0 aliphatic rings. The Labute approximate surface area is 100 Å². The second kappa shape index (κ2) is 6.21. The molecule has 0 aliphatic carbocycles. The van der Waals surface area contributed by atoms with Crippen molar-refractivity contribution in [2.45, 2.75) is 25.9 Å². The lowest BCUT2D eigenvalue weighted by molar-refractivity contribution is 0.189. The standard InChI is InChI=1S/C11H15Cl2NO/c1-2-8(6-7-14)15-10-5-3-4-9(12)11(10)13/h3-5,8H,2,6-7,14H2,1H3. The van der Waals surface area contributed by atoms with Gasteiger partial charge < -0.3 is 10.5 Å². The number of benzene rings is 1. The number of hydrogen-bond donors (Lipinski definition) is 1. The summed E-state index contributed by atoms with van der Waals surface area (Å²) < 4.78 is 5.72. The first-order valence-electron chi connectivity index (χ1n) is 4.99. The van der Waals surface area contributed by atoms with Crippen LogP contribution in [0.5, 0.6) is 5.75 Å². The van der Waals surface area contributed by atoms with Crippen LogP contribution in [0.3, 0.4) is 0 Å². The molecule has 0 aromatic heterocycles. The van der Waals surface area contributed by atoms with E-state index in [4.69, 9.17) is 33.7 Å². The third-order valence-electron chi connectivity index (χ3n) is 2.15. The highest BCUT2D eigenvalue weighted by atomic mass is 35.5. The smallest absolute Gasteiger partial charge is 0.139 e. The van der Waals surface area contributed by atoms with Crippen LogP contribution in [0.4, 0.5) is 0 Å². The van der Waals surface area contributed by atoms with E-state index in [0.717, 1.165) is 12.8 Å². The fourth-order valence-corrected chi connectivity index (χ4v) is 1.62. The molecule has 0 spiro atoms. The van der Waals surface area contributed by atoms with Crippen molar-refractivity contribution in [2.75, 3.05) is 6.54 Å². The van der Waals surface area contributed by atoms with Gasteiger partial charge in [0.1, 0.15) is 10.8 Å². The predicted octanol–water partition coefficient (Wildman–Crippen LogP) is 3.50. The predicted molar refractivity (Wildman–Crippen MR) is 64.8 cm³/mol. The zero-order valence-electron chi connectivity index (χ0n) is 8.67. The lowest BCUT2D eigenvalue weighted by atomic mass is 10.2. The van der Waals surface area contributed by atoms with Crippen molar-refractivity contribution in [3.05, 3.63) is 28.2 Å². The van der Waals surface area contributed by atoms with Crippen LogP contribution in [0, 0.1) is 0 Å². The normalized spacial score (nSPS) is 12.5. The van der Waals surface area contributed by atoms with E-state index < -0.39 is 0 Å². The summed E-state index contributed by atoms with van der Waals surface area (Å²) in [7, 11) is 0. The molecule has 84 valence electrons. The van der Waals surface area contributed by atoms with Crippen LogP contribution >= 0.6 is 23.2 Å². The number of halogens is 2. The van der Waals surface area contributed by atoms with E-state index in [1.165, 1.54) is 0 Å². The molecule has 0 amide bonds. The first kappa shape index (κ1) is 12.6. The fourth-order valence-electron chi connectivity index (χ4n) is 1.29. The first-order chi connectivity index (χ1) is 7.19. The Morgan fingerprint density at radius 2 is 2.13 bits per heavy atom. The molecule has 0 fully saturated rings. The summed E-state index contributed by atoms with van der Waals surface area (Å²) >= 11 is 11.9. The molecule has 1 rings (SSSR count). The largest absolute Gasteiger partial charge is 0.489 e. The van der Waals surface area contributed by atoms with E-state index >= 15 is 0 Å². The Morgan fingerprint density at radius 3 is 2.73 bits per heavy atom. The van der Waals surface area contributed by atoms with Gasteiger partial charge in [-0.1, -0.05) is 36.2 Å². The highest BCUT2D eigenvalue weighted by Crippen LogP contribution is 2.32. The van der Waals surface area contributed by atoms with E-state index in [1.54, 1.807) is 6.07 Å². The van der Waals surface area contributed by atoms with Crippen molar-refractivity contribution in [3.8, 4) is 5.75 Å². The fraction of sp³-hybridized carbons (Fsp3) is 0.455. The molecule has 0 heterocycles. The van der Waals surface area contributed by atoms with Gasteiger partial charge in [-0.25, -0.2) is 0 Å². The lowest BCUT2D eigenvalue weighted by Crippen LogP contribution is -2.19. The molecular weight excluding hydrogens is 233 g/mol. The summed E-state index contributed by atoms with van der Waals surface area (Å²) in [5.41, 5.74) is 5.49. The highest BCUT2D eigenvalue weighted by Gasteiger charge is 2.11. The molecule has 1 unspecified atom stereocenters. The second-order valence-corrected chi connectivity index (χ2v) is 4.06. The molecule has 15 heavy (non-hydrogen) atoms. The van der Waals surface area contributed by atoms with E-state index in [2.05, 4.69) is 6.92 Å². The van der Waals surface area contributed by atoms with Gasteiger partial charge in [-0.2, -0.15) is 0 Å². The summed E-state index contributed by atoms with van der Waals surface area (Å²) in [4.78, 5) is 0. The molecule has 0 aliphatic heterocycles. The van der Waals surface area contributed by atoms with Gasteiger partial charge in [-0.15, -0.1) is 0 Å². The van der Waals surface area contributed by atoms with Crippen LogP contribution in [0.25, 0.3) is 0 Å². The molecule has 1 atom stereocenters. The van der Waals surface area contributed by atoms with Crippen molar-refractivity contribution in [1.29, 1.82) is 0 Å². The Balaban J connectivity index is 2.74. The zero-order chi connectivity index (χ0) is 11.3. The maximum Gasteiger partial charge on any atom is 0.139 e. The molecule has 0 saturated carbocycles. The summed E-state index contributed by atoms with van der Waals surface area (Å²) in [6.07, 6.45) is 1.82. The van der Waals surface area contributed by atoms with Crippen molar-refractivity contribution in [2.24, 2.45) is 5.73 Å². The van der Waals surface area contributed by atoms with Crippen molar-refractivity contribution < 1.29 is 4.74 Å². The van der Waals surface area contributed by atoms with Crippen LogP contribution in [-0.2, 0) is 0 Å². The summed E-state index contributed by atoms with van der Waals surface area (Å²) in [5, 5.41) is 0.978. The van der Waals surface area contributed by atoms with Gasteiger partial charge >= 0.3 is 0 Å². The molecule has 0 bridgehead atoms. The first-order valence-corrected chi connectivity index (χ1v) is 5.75. The van der Waals surface area contributed by atoms with Gasteiger partial charge in [-0.05, 0) is 31.5 Å². The number of nitrogens with two attached hydrogens (primary N) is 1. The molecule has 0 radical (unpaired) electrons. The Hall–Kier alpha value is -0.440. The molecule has 1 aromatic rings. The van der Waals surface area contributed by atoms with Gasteiger partial charge in [0.15, 0.2) is 0 Å². The van der Waals surface area contributed by atoms with Gasteiger partial charge in [0.25, 0.3) is 0 Å². The third kappa shape index (κ3) is 3.56. The van der Waals surface area contributed by atoms with Crippen LogP contribution in [0.2, 0.25) is 10.0 Å². The number of ether oxygens (including phenoxy) is 1. The minimum absolute atomic E-state index is 0.103. The quantitative estimate of drug-likeness (QED) is 0.865. The Kier molecular flexibility index (Phi) is 5.23. The molecule has 1 aromatic carbocycles. The minimum atomic E-state index is 0.103. The van der Waals surface area contributed by atoms with Gasteiger partial charge in [0, 0.05) is 0 Å². The molecule has 2 N–H and O–H groups in total.